The zero-order chi connectivity index (χ0) is 82.0. The third-order valence-corrected chi connectivity index (χ3v) is 22.6. The van der Waals surface area contributed by atoms with Gasteiger partial charge < -0.3 is 24.5 Å². The predicted octanol–water partition coefficient (Wildman–Crippen LogP) is 35.2. The van der Waals surface area contributed by atoms with Crippen molar-refractivity contribution in [3.63, 3.8) is 0 Å². The minimum absolute atomic E-state index is 1.08. The minimum atomic E-state index is 1.08. The van der Waals surface area contributed by atoms with Crippen molar-refractivity contribution >= 4 is 187 Å². The number of benzene rings is 19. The van der Waals surface area contributed by atoms with E-state index >= 15 is 0 Å². The van der Waals surface area contributed by atoms with E-state index in [9.17, 15) is 0 Å². The summed E-state index contributed by atoms with van der Waals surface area (Å²) in [5.74, 6) is 0. The Balaban J connectivity index is 0.000000117. The molecule has 0 saturated carbocycles. The standard InChI is InChI=1S/2C24H18BrN.2C22H16BrN.C18H14BrN/c25-21-14-16-23(17-15-21)26(22-11-5-2-6-12-22)24-13-7-10-20(18-24)19-8-3-1-4-9-19;25-21-13-17-24(18-14-21)26(22-9-5-2-6-10-22)23-15-11-20(12-16-23)19-7-3-1-4-8-19;23-18-13-15-20(16-14-18)24(19-9-2-1-3-10-19)22-12-6-8-17-7-4-5-11-21(17)22;23-19-11-14-21(15-12-19)24(20-8-2-1-3-9-20)22-13-10-17-6-4-5-7-18(17)16-22;19-15-11-13-18(14-12-15)20(16-7-3-1-4-8-16)17-9-5-2-6-10-17/h2*1-18H;2*1-16H;1-14H. The van der Waals surface area contributed by atoms with Gasteiger partial charge in [0.15, 0.2) is 0 Å². The van der Waals surface area contributed by atoms with Gasteiger partial charge in [-0.25, -0.2) is 0 Å². The molecular weight excluding hydrogens is 1790 g/mol. The Bertz CT molecular complexity index is 6300. The monoisotopic (exact) mass is 1870 g/mol. The molecule has 0 heterocycles. The molecule has 0 aliphatic heterocycles. The van der Waals surface area contributed by atoms with E-state index in [0.717, 1.165) is 102 Å². The fourth-order valence-electron chi connectivity index (χ4n) is 14.2. The Hall–Kier alpha value is -12.9. The van der Waals surface area contributed by atoms with E-state index < -0.39 is 0 Å². The topological polar surface area (TPSA) is 16.2 Å². The highest BCUT2D eigenvalue weighted by Crippen LogP contribution is 2.43. The maximum atomic E-state index is 3.53. The molecule has 19 aromatic carbocycles. The Labute approximate surface area is 746 Å². The van der Waals surface area contributed by atoms with Crippen molar-refractivity contribution in [3.05, 3.63) is 520 Å². The van der Waals surface area contributed by atoms with Gasteiger partial charge in [-0.05, 0) is 275 Å². The molecule has 0 bridgehead atoms. The second kappa shape index (κ2) is 41.5. The van der Waals surface area contributed by atoms with Gasteiger partial charge >= 0.3 is 0 Å². The molecule has 19 aromatic rings. The average molecular weight is 1870 g/mol. The normalized spacial score (nSPS) is 10.5. The summed E-state index contributed by atoms with van der Waals surface area (Å²) in [6.45, 7) is 0. The zero-order valence-corrected chi connectivity index (χ0v) is 73.4. The number of para-hydroxylation sites is 6. The minimum Gasteiger partial charge on any atom is -0.311 e. The van der Waals surface area contributed by atoms with Crippen molar-refractivity contribution in [2.75, 3.05) is 24.5 Å². The van der Waals surface area contributed by atoms with E-state index in [-0.39, 0.29) is 0 Å². The van der Waals surface area contributed by atoms with Crippen LogP contribution in [0.2, 0.25) is 0 Å². The molecule has 0 unspecified atom stereocenters. The lowest BCUT2D eigenvalue weighted by Crippen LogP contribution is -2.10. The number of nitrogens with zero attached hydrogens (tertiary/aromatic N) is 5. The van der Waals surface area contributed by atoms with Crippen molar-refractivity contribution in [3.8, 4) is 22.3 Å². The van der Waals surface area contributed by atoms with Crippen LogP contribution in [0.5, 0.6) is 0 Å². The van der Waals surface area contributed by atoms with Gasteiger partial charge in [-0.1, -0.05) is 341 Å². The molecule has 10 heteroatoms. The number of rotatable bonds is 17. The van der Waals surface area contributed by atoms with Crippen LogP contribution >= 0.6 is 79.6 Å². The first kappa shape index (κ1) is 82.2. The van der Waals surface area contributed by atoms with Crippen LogP contribution in [-0.4, -0.2) is 0 Å². The van der Waals surface area contributed by atoms with Gasteiger partial charge in [-0.3, -0.25) is 0 Å². The van der Waals surface area contributed by atoms with Crippen LogP contribution < -0.4 is 24.5 Å². The summed E-state index contributed by atoms with van der Waals surface area (Å²) in [4.78, 5) is 11.4. The third-order valence-electron chi connectivity index (χ3n) is 20.0. The summed E-state index contributed by atoms with van der Waals surface area (Å²) < 4.78 is 5.40. The molecule has 0 N–H and O–H groups in total. The van der Waals surface area contributed by atoms with Crippen molar-refractivity contribution in [1.29, 1.82) is 0 Å². The molecule has 19 rings (SSSR count). The van der Waals surface area contributed by atoms with Crippen molar-refractivity contribution in [1.82, 2.24) is 0 Å². The quantitative estimate of drug-likeness (QED) is 0.0900. The summed E-state index contributed by atoms with van der Waals surface area (Å²) in [6, 6.07) is 173. The van der Waals surface area contributed by atoms with Gasteiger partial charge in [0.05, 0.1) is 5.69 Å². The first-order valence-electron chi connectivity index (χ1n) is 39.5. The van der Waals surface area contributed by atoms with Crippen molar-refractivity contribution in [2.45, 2.75) is 0 Å². The van der Waals surface area contributed by atoms with Crippen LogP contribution in [0, 0.1) is 0 Å². The van der Waals surface area contributed by atoms with Crippen molar-refractivity contribution in [2.24, 2.45) is 0 Å². The second-order valence-corrected chi connectivity index (χ2v) is 32.5. The lowest BCUT2D eigenvalue weighted by Gasteiger charge is -2.26. The number of hydrogen-bond donors (Lipinski definition) is 0. The first-order valence-corrected chi connectivity index (χ1v) is 43.4. The fourth-order valence-corrected chi connectivity index (χ4v) is 15.6. The van der Waals surface area contributed by atoms with E-state index in [1.54, 1.807) is 0 Å². The summed E-state index contributed by atoms with van der Waals surface area (Å²) in [7, 11) is 0. The Morgan fingerprint density at radius 3 is 0.708 bits per heavy atom. The number of hydrogen-bond acceptors (Lipinski definition) is 5. The van der Waals surface area contributed by atoms with Crippen molar-refractivity contribution < 1.29 is 0 Å². The zero-order valence-electron chi connectivity index (χ0n) is 65.5. The smallest absolute Gasteiger partial charge is 0.0540 e. The molecular formula is C110H82Br5N5. The SMILES string of the molecule is Brc1ccc(N(c2ccccc2)c2ccc(-c3ccccc3)cc2)cc1.Brc1ccc(N(c2ccccc2)c2ccc3ccccc3c2)cc1.Brc1ccc(N(c2ccccc2)c2cccc(-c3ccccc3)c2)cc1.Brc1ccc(N(c2ccccc2)c2cccc3ccccc23)cc1.Brc1ccc(N(c2ccccc2)c2ccccc2)cc1. The van der Waals surface area contributed by atoms with Gasteiger partial charge in [-0.2, -0.15) is 0 Å². The van der Waals surface area contributed by atoms with E-state index in [1.165, 1.54) is 49.5 Å². The number of anilines is 15. The molecule has 120 heavy (non-hydrogen) atoms. The largest absolute Gasteiger partial charge is 0.311 e. The molecule has 5 nitrogen and oxygen atoms in total. The van der Waals surface area contributed by atoms with Crippen LogP contribution in [-0.2, 0) is 0 Å². The fraction of sp³-hybridized carbons (Fsp3) is 0. The molecule has 0 saturated heterocycles. The molecule has 0 fully saturated rings. The average Bonchev–Trinajstić information content (AvgIpc) is 0.820. The van der Waals surface area contributed by atoms with Gasteiger partial charge in [0.2, 0.25) is 0 Å². The van der Waals surface area contributed by atoms with Crippen LogP contribution in [0.3, 0.4) is 0 Å². The van der Waals surface area contributed by atoms with Gasteiger partial charge in [0.1, 0.15) is 0 Å². The van der Waals surface area contributed by atoms with Crippen LogP contribution in [0.25, 0.3) is 43.8 Å². The highest BCUT2D eigenvalue weighted by molar-refractivity contribution is 9.11. The Morgan fingerprint density at radius 1 is 0.125 bits per heavy atom. The van der Waals surface area contributed by atoms with E-state index in [0.29, 0.717) is 0 Å². The predicted molar refractivity (Wildman–Crippen MR) is 530 cm³/mol. The summed E-state index contributed by atoms with van der Waals surface area (Å²) >= 11 is 17.6. The lowest BCUT2D eigenvalue weighted by atomic mass is 10.0. The van der Waals surface area contributed by atoms with Gasteiger partial charge in [0, 0.05) is 107 Å². The Morgan fingerprint density at radius 2 is 0.342 bits per heavy atom. The summed E-state index contributed by atoms with van der Waals surface area (Å²) in [5.41, 5.74) is 22.1. The van der Waals surface area contributed by atoms with Gasteiger partial charge in [-0.15, -0.1) is 0 Å². The molecule has 582 valence electrons. The highest BCUT2D eigenvalue weighted by atomic mass is 79.9. The maximum absolute atomic E-state index is 3.53. The first-order chi connectivity index (χ1) is 59.1. The number of fused-ring (bicyclic) bond motifs is 2. The third kappa shape index (κ3) is 21.5. The molecule has 0 aliphatic rings. The van der Waals surface area contributed by atoms with E-state index in [2.05, 4.69) is 553 Å². The van der Waals surface area contributed by atoms with Crippen LogP contribution in [0.15, 0.2) is 520 Å². The summed E-state index contributed by atoms with van der Waals surface area (Å²) in [5, 5.41) is 4.98. The van der Waals surface area contributed by atoms with Crippen LogP contribution in [0.1, 0.15) is 0 Å². The van der Waals surface area contributed by atoms with E-state index in [1.807, 2.05) is 48.5 Å². The molecule has 0 aromatic heterocycles. The Kier molecular flexibility index (Phi) is 28.4. The molecule has 0 aliphatic carbocycles. The van der Waals surface area contributed by atoms with Crippen LogP contribution in [0.4, 0.5) is 85.3 Å². The number of halogens is 5. The molecule has 0 radical (unpaired) electrons. The van der Waals surface area contributed by atoms with Gasteiger partial charge in [0.25, 0.3) is 0 Å². The molecule has 0 atom stereocenters. The second-order valence-electron chi connectivity index (χ2n) is 27.9. The lowest BCUT2D eigenvalue weighted by molar-refractivity contribution is 1.28. The molecule has 0 spiro atoms. The highest BCUT2D eigenvalue weighted by Gasteiger charge is 2.19. The molecule has 0 amide bonds. The summed E-state index contributed by atoms with van der Waals surface area (Å²) in [6.07, 6.45) is 0. The van der Waals surface area contributed by atoms with E-state index in [4.69, 9.17) is 0 Å². The maximum Gasteiger partial charge on any atom is 0.0540 e.